The van der Waals surface area contributed by atoms with Crippen LogP contribution in [0, 0.1) is 6.92 Å². The Balaban J connectivity index is 1.68. The van der Waals surface area contributed by atoms with Crippen molar-refractivity contribution < 1.29 is 32.5 Å². The smallest absolute Gasteiger partial charge is 0.416 e. The summed E-state index contributed by atoms with van der Waals surface area (Å²) in [6.45, 7) is 7.08. The van der Waals surface area contributed by atoms with E-state index in [-0.39, 0.29) is 26.2 Å². The number of piperidine rings is 1. The number of aryl methyl sites for hydroxylation is 1. The molecule has 1 aliphatic heterocycles. The highest BCUT2D eigenvalue weighted by Gasteiger charge is 2.51. The number of benzene rings is 3. The van der Waals surface area contributed by atoms with Crippen LogP contribution in [0.2, 0.25) is 0 Å². The number of likely N-dealkylation sites (tertiary alicyclic amines) is 1. The molecule has 3 aromatic carbocycles. The predicted molar refractivity (Wildman–Crippen MR) is 151 cm³/mol. The van der Waals surface area contributed by atoms with Crippen LogP contribution in [0.3, 0.4) is 0 Å². The van der Waals surface area contributed by atoms with Gasteiger partial charge in [-0.25, -0.2) is 4.79 Å². The highest BCUT2D eigenvalue weighted by atomic mass is 19.4. The van der Waals surface area contributed by atoms with Crippen LogP contribution < -0.4 is 0 Å². The maximum Gasteiger partial charge on any atom is 0.416 e. The number of carbonyl (C=O) groups is 1. The summed E-state index contributed by atoms with van der Waals surface area (Å²) < 4.78 is 52.6. The van der Waals surface area contributed by atoms with Gasteiger partial charge >= 0.3 is 12.3 Å². The van der Waals surface area contributed by atoms with Gasteiger partial charge in [-0.2, -0.15) is 13.2 Å². The van der Waals surface area contributed by atoms with Crippen molar-refractivity contribution in [2.45, 2.75) is 63.1 Å². The zero-order valence-electron chi connectivity index (χ0n) is 23.4. The maximum atomic E-state index is 13.8. The zero-order chi connectivity index (χ0) is 29.7. The Kier molecular flexibility index (Phi) is 9.24. The third-order valence-electron chi connectivity index (χ3n) is 7.70. The van der Waals surface area contributed by atoms with Gasteiger partial charge in [-0.05, 0) is 61.9 Å². The molecule has 1 unspecified atom stereocenters. The maximum absolute atomic E-state index is 13.8. The Morgan fingerprint density at radius 1 is 1.07 bits per heavy atom. The van der Waals surface area contributed by atoms with Crippen LogP contribution in [-0.4, -0.2) is 34.9 Å². The second kappa shape index (κ2) is 12.5. The summed E-state index contributed by atoms with van der Waals surface area (Å²) in [5.74, 6) is 0. The molecule has 4 rings (SSSR count). The lowest BCUT2D eigenvalue weighted by Crippen LogP contribution is -2.62. The third kappa shape index (κ3) is 7.18. The van der Waals surface area contributed by atoms with Crippen LogP contribution in [-0.2, 0) is 27.8 Å². The molecule has 1 aliphatic rings. The monoisotopic (exact) mass is 567 g/mol. The quantitative estimate of drug-likeness (QED) is 0.269. The summed E-state index contributed by atoms with van der Waals surface area (Å²) in [5.41, 5.74) is -0.528. The second-order valence-electron chi connectivity index (χ2n) is 10.8. The van der Waals surface area contributed by atoms with Gasteiger partial charge in [-0.3, -0.25) is 4.90 Å². The number of alkyl halides is 3. The lowest BCUT2D eigenvalue weighted by atomic mass is 9.75. The van der Waals surface area contributed by atoms with E-state index >= 15 is 0 Å². The molecule has 0 aromatic heterocycles. The number of hydrogen-bond donors (Lipinski definition) is 1. The van der Waals surface area contributed by atoms with Gasteiger partial charge in [0.25, 0.3) is 0 Å². The number of aliphatic hydroxyl groups is 1. The molecular weight excluding hydrogens is 531 g/mol. The van der Waals surface area contributed by atoms with Gasteiger partial charge in [0.15, 0.2) is 0 Å². The molecule has 0 bridgehead atoms. The number of halogens is 3. The van der Waals surface area contributed by atoms with Gasteiger partial charge in [0.05, 0.1) is 36.0 Å². The predicted octanol–water partition coefficient (Wildman–Crippen LogP) is 7.73. The molecule has 41 heavy (non-hydrogen) atoms. The summed E-state index contributed by atoms with van der Waals surface area (Å²) >= 11 is 0. The van der Waals surface area contributed by atoms with Crippen molar-refractivity contribution in [2.75, 3.05) is 13.2 Å². The molecular formula is C33H36F3NO4. The van der Waals surface area contributed by atoms with Gasteiger partial charge in [-0.1, -0.05) is 78.4 Å². The normalized spacial score (nSPS) is 21.8. The Labute approximate surface area is 239 Å². The van der Waals surface area contributed by atoms with Gasteiger partial charge in [-0.15, -0.1) is 6.58 Å². The van der Waals surface area contributed by atoms with E-state index in [2.05, 4.69) is 6.58 Å². The molecule has 1 heterocycles. The molecule has 8 heteroatoms. The highest BCUT2D eigenvalue weighted by molar-refractivity contribution is 5.70. The fourth-order valence-corrected chi connectivity index (χ4v) is 5.42. The molecule has 1 saturated heterocycles. The Morgan fingerprint density at radius 2 is 1.73 bits per heavy atom. The lowest BCUT2D eigenvalue weighted by molar-refractivity contribution is -0.137. The minimum atomic E-state index is -4.48. The number of β-amino-alcohol motifs (C(OH)–C–C–N with tert-alkyl or cyclic N) is 1. The largest absolute Gasteiger partial charge is 0.445 e. The fourth-order valence-electron chi connectivity index (χ4n) is 5.42. The van der Waals surface area contributed by atoms with Gasteiger partial charge in [0, 0.05) is 0 Å². The molecule has 0 radical (unpaired) electrons. The molecule has 0 spiro atoms. The molecule has 3 atom stereocenters. The number of hydrogen-bond acceptors (Lipinski definition) is 4. The van der Waals surface area contributed by atoms with E-state index in [1.807, 2.05) is 60.7 Å². The number of amides is 1. The Hall–Kier alpha value is -3.62. The van der Waals surface area contributed by atoms with Gasteiger partial charge < -0.3 is 14.6 Å². The van der Waals surface area contributed by atoms with Gasteiger partial charge in [0.1, 0.15) is 6.61 Å². The molecule has 218 valence electrons. The summed E-state index contributed by atoms with van der Waals surface area (Å²) in [5, 5.41) is 11.4. The first-order valence-electron chi connectivity index (χ1n) is 13.6. The van der Waals surface area contributed by atoms with E-state index in [1.165, 1.54) is 4.90 Å². The van der Waals surface area contributed by atoms with Crippen LogP contribution in [0.1, 0.15) is 60.1 Å². The van der Waals surface area contributed by atoms with E-state index < -0.39 is 35.1 Å². The molecule has 1 fully saturated rings. The first-order chi connectivity index (χ1) is 19.5. The van der Waals surface area contributed by atoms with E-state index in [0.29, 0.717) is 24.0 Å². The van der Waals surface area contributed by atoms with E-state index in [1.54, 1.807) is 26.0 Å². The summed E-state index contributed by atoms with van der Waals surface area (Å²) in [6, 6.07) is 22.5. The first kappa shape index (κ1) is 30.3. The second-order valence-corrected chi connectivity index (χ2v) is 10.8. The Morgan fingerprint density at radius 3 is 2.37 bits per heavy atom. The third-order valence-corrected chi connectivity index (χ3v) is 7.70. The van der Waals surface area contributed by atoms with Gasteiger partial charge in [0.2, 0.25) is 0 Å². The number of rotatable bonds is 9. The van der Waals surface area contributed by atoms with E-state index in [9.17, 15) is 23.1 Å². The van der Waals surface area contributed by atoms with Crippen LogP contribution in [0.25, 0.3) is 0 Å². The van der Waals surface area contributed by atoms with Crippen molar-refractivity contribution in [3.05, 3.63) is 119 Å². The van der Waals surface area contributed by atoms with Crippen molar-refractivity contribution >= 4 is 6.09 Å². The molecule has 3 aromatic rings. The SMILES string of the molecule is C=CCC1(O)CC[C@@](CO[C@H](C)c2cc(C)cc(C(F)(F)F)c2)(c2ccccc2)N(C(=O)OCc2ccccc2)C1. The minimum absolute atomic E-state index is 0.0158. The standard InChI is InChI=1S/C33H36F3NO4/c1-4-15-31(39)16-17-32(28-13-9-6-10-14-28,37(22-31)30(38)40-21-26-11-7-5-8-12-26)23-41-25(3)27-18-24(2)19-29(20-27)33(34,35)36/h4-14,18-20,25,39H,1,15-17,21-23H2,2-3H3/t25-,31?,32-/m1/s1. The summed E-state index contributed by atoms with van der Waals surface area (Å²) in [6.07, 6.45) is -3.20. The first-order valence-corrected chi connectivity index (χ1v) is 13.6. The van der Waals surface area contributed by atoms with Crippen LogP contribution >= 0.6 is 0 Å². The molecule has 5 nitrogen and oxygen atoms in total. The summed E-state index contributed by atoms with van der Waals surface area (Å²) in [7, 11) is 0. The topological polar surface area (TPSA) is 59.0 Å². The molecule has 1 amide bonds. The average Bonchev–Trinajstić information content (AvgIpc) is 2.95. The number of nitrogens with zero attached hydrogens (tertiary/aromatic N) is 1. The van der Waals surface area contributed by atoms with Crippen molar-refractivity contribution in [3.8, 4) is 0 Å². The average molecular weight is 568 g/mol. The van der Waals surface area contributed by atoms with Crippen molar-refractivity contribution in [1.29, 1.82) is 0 Å². The van der Waals surface area contributed by atoms with E-state index in [0.717, 1.165) is 23.3 Å². The van der Waals surface area contributed by atoms with Crippen LogP contribution in [0.5, 0.6) is 0 Å². The number of ether oxygens (including phenoxy) is 2. The van der Waals surface area contributed by atoms with Crippen molar-refractivity contribution in [3.63, 3.8) is 0 Å². The molecule has 0 aliphatic carbocycles. The lowest BCUT2D eigenvalue weighted by Gasteiger charge is -2.51. The highest BCUT2D eigenvalue weighted by Crippen LogP contribution is 2.44. The van der Waals surface area contributed by atoms with Crippen molar-refractivity contribution in [1.82, 2.24) is 4.90 Å². The van der Waals surface area contributed by atoms with Crippen LogP contribution in [0.15, 0.2) is 91.5 Å². The zero-order valence-corrected chi connectivity index (χ0v) is 23.4. The van der Waals surface area contributed by atoms with Crippen LogP contribution in [0.4, 0.5) is 18.0 Å². The minimum Gasteiger partial charge on any atom is -0.445 e. The molecule has 0 saturated carbocycles. The van der Waals surface area contributed by atoms with Crippen molar-refractivity contribution in [2.24, 2.45) is 0 Å². The Bertz CT molecular complexity index is 1330. The summed E-state index contributed by atoms with van der Waals surface area (Å²) in [4.78, 5) is 15.3. The fraction of sp³-hybridized carbons (Fsp3) is 0.364. The van der Waals surface area contributed by atoms with E-state index in [4.69, 9.17) is 9.47 Å². The number of carbonyl (C=O) groups excluding carboxylic acids is 1. The molecule has 1 N–H and O–H groups in total.